The Labute approximate surface area is 217 Å². The molecule has 4 aromatic rings. The lowest BCUT2D eigenvalue weighted by molar-refractivity contribution is 0.0839. The molecule has 0 radical (unpaired) electrons. The molecule has 1 aliphatic carbocycles. The average Bonchev–Trinajstić information content (AvgIpc) is 3.52. The number of halogens is 1. The van der Waals surface area contributed by atoms with Gasteiger partial charge in [-0.05, 0) is 79.5 Å². The predicted octanol–water partition coefficient (Wildman–Crippen LogP) is 5.40. The van der Waals surface area contributed by atoms with Gasteiger partial charge in [-0.25, -0.2) is 17.4 Å². The van der Waals surface area contributed by atoms with Crippen LogP contribution in [0.5, 0.6) is 11.5 Å². The van der Waals surface area contributed by atoms with E-state index in [9.17, 15) is 8.42 Å². The summed E-state index contributed by atoms with van der Waals surface area (Å²) in [6.07, 6.45) is 7.66. The third-order valence-corrected chi connectivity index (χ3v) is 9.45. The van der Waals surface area contributed by atoms with Gasteiger partial charge < -0.3 is 9.47 Å². The topological polar surface area (TPSA) is 88.2 Å². The van der Waals surface area contributed by atoms with E-state index in [1.165, 1.54) is 3.97 Å². The van der Waals surface area contributed by atoms with Crippen molar-refractivity contribution >= 4 is 43.6 Å². The molecule has 0 bridgehead atoms. The van der Waals surface area contributed by atoms with E-state index in [1.807, 2.05) is 46.5 Å². The molecule has 0 atom stereocenters. The average molecular weight is 604 g/mol. The SMILES string of the molecule is Cc1ccc(S(=O)(=O)n2c(I)cc3c(Oc4cn(C5CC5)nc4C4CCOCC4)ccnc32)cc1. The number of aryl methyl sites for hydroxylation is 1. The Morgan fingerprint density at radius 1 is 1.06 bits per heavy atom. The van der Waals surface area contributed by atoms with Crippen LogP contribution in [-0.4, -0.2) is 40.4 Å². The van der Waals surface area contributed by atoms with Crippen LogP contribution in [0.4, 0.5) is 0 Å². The van der Waals surface area contributed by atoms with Crippen molar-refractivity contribution in [2.24, 2.45) is 0 Å². The van der Waals surface area contributed by atoms with Gasteiger partial charge in [0.25, 0.3) is 10.0 Å². The first kappa shape index (κ1) is 23.0. The van der Waals surface area contributed by atoms with Gasteiger partial charge in [0, 0.05) is 25.3 Å². The van der Waals surface area contributed by atoms with Gasteiger partial charge in [-0.2, -0.15) is 5.10 Å². The van der Waals surface area contributed by atoms with Crippen molar-refractivity contribution in [1.29, 1.82) is 0 Å². The van der Waals surface area contributed by atoms with E-state index in [0.29, 0.717) is 26.5 Å². The summed E-state index contributed by atoms with van der Waals surface area (Å²) >= 11 is 2.04. The number of pyridine rings is 1. The summed E-state index contributed by atoms with van der Waals surface area (Å²) in [7, 11) is -3.82. The summed E-state index contributed by atoms with van der Waals surface area (Å²) < 4.78 is 42.9. The lowest BCUT2D eigenvalue weighted by Gasteiger charge is -2.21. The van der Waals surface area contributed by atoms with E-state index >= 15 is 0 Å². The van der Waals surface area contributed by atoms with Crippen molar-refractivity contribution in [2.75, 3.05) is 13.2 Å². The van der Waals surface area contributed by atoms with Gasteiger partial charge in [0.1, 0.15) is 11.4 Å². The maximum Gasteiger partial charge on any atom is 0.270 e. The minimum absolute atomic E-state index is 0.221. The second kappa shape index (κ2) is 8.90. The van der Waals surface area contributed by atoms with Gasteiger partial charge >= 0.3 is 0 Å². The zero-order chi connectivity index (χ0) is 24.2. The molecule has 1 saturated carbocycles. The Hall–Kier alpha value is -2.44. The molecule has 2 aliphatic rings. The van der Waals surface area contributed by atoms with Crippen molar-refractivity contribution in [3.8, 4) is 11.5 Å². The Kier molecular flexibility index (Phi) is 5.84. The van der Waals surface area contributed by atoms with Crippen LogP contribution < -0.4 is 4.74 Å². The number of hydrogen-bond acceptors (Lipinski definition) is 6. The van der Waals surface area contributed by atoms with Gasteiger partial charge in [0.2, 0.25) is 0 Å². The molecule has 1 saturated heterocycles. The number of rotatable bonds is 6. The summed E-state index contributed by atoms with van der Waals surface area (Å²) in [5, 5.41) is 5.54. The molecule has 1 aliphatic heterocycles. The minimum Gasteiger partial charge on any atom is -0.453 e. The molecule has 182 valence electrons. The number of fused-ring (bicyclic) bond motifs is 1. The molecular weight excluding hydrogens is 579 g/mol. The second-order valence-electron chi connectivity index (χ2n) is 9.17. The van der Waals surface area contributed by atoms with E-state index in [0.717, 1.165) is 55.9 Å². The van der Waals surface area contributed by atoms with Crippen molar-refractivity contribution in [3.63, 3.8) is 0 Å². The first-order valence-corrected chi connectivity index (χ1v) is 14.3. The molecule has 4 heterocycles. The number of aromatic nitrogens is 4. The monoisotopic (exact) mass is 604 g/mol. The normalized spacial score (nSPS) is 17.2. The first-order valence-electron chi connectivity index (χ1n) is 11.7. The number of nitrogens with zero attached hydrogens (tertiary/aromatic N) is 4. The fourth-order valence-corrected chi connectivity index (χ4v) is 7.18. The van der Waals surface area contributed by atoms with Gasteiger partial charge in [-0.1, -0.05) is 17.7 Å². The quantitative estimate of drug-likeness (QED) is 0.274. The predicted molar refractivity (Wildman–Crippen MR) is 140 cm³/mol. The lowest BCUT2D eigenvalue weighted by Crippen LogP contribution is -2.15. The summed E-state index contributed by atoms with van der Waals surface area (Å²) in [6, 6.07) is 10.9. The van der Waals surface area contributed by atoms with Gasteiger partial charge in [-0.15, -0.1) is 0 Å². The van der Waals surface area contributed by atoms with Gasteiger partial charge in [0.05, 0.1) is 26.2 Å². The van der Waals surface area contributed by atoms with Gasteiger partial charge in [-0.3, -0.25) is 4.68 Å². The zero-order valence-corrected chi connectivity index (χ0v) is 22.2. The molecule has 8 nitrogen and oxygen atoms in total. The highest BCUT2D eigenvalue weighted by atomic mass is 127. The Morgan fingerprint density at radius 2 is 1.80 bits per heavy atom. The molecule has 0 N–H and O–H groups in total. The number of benzene rings is 1. The van der Waals surface area contributed by atoms with E-state index < -0.39 is 10.0 Å². The van der Waals surface area contributed by atoms with Crippen LogP contribution in [0.1, 0.15) is 48.9 Å². The van der Waals surface area contributed by atoms with Gasteiger partial charge in [0.15, 0.2) is 11.4 Å². The molecule has 1 aromatic carbocycles. The standard InChI is InChI=1S/C25H25IN4O4S/c1-16-2-6-19(7-3-16)35(31,32)30-23(26)14-20-21(8-11-27-25(20)30)34-22-15-29(18-4-5-18)28-24(22)17-9-12-33-13-10-17/h2-3,6-8,11,14-15,17-18H,4-5,9-10,12-13H2,1H3. The number of ether oxygens (including phenoxy) is 2. The highest BCUT2D eigenvalue weighted by Crippen LogP contribution is 2.42. The van der Waals surface area contributed by atoms with Crippen LogP contribution in [0, 0.1) is 10.6 Å². The molecule has 35 heavy (non-hydrogen) atoms. The van der Waals surface area contributed by atoms with Crippen LogP contribution >= 0.6 is 22.6 Å². The lowest BCUT2D eigenvalue weighted by atomic mass is 9.96. The largest absolute Gasteiger partial charge is 0.453 e. The molecule has 0 unspecified atom stereocenters. The van der Waals surface area contributed by atoms with Crippen LogP contribution in [0.2, 0.25) is 0 Å². The fraction of sp³-hybridized carbons (Fsp3) is 0.360. The van der Waals surface area contributed by atoms with Crippen molar-refractivity contribution < 1.29 is 17.9 Å². The zero-order valence-electron chi connectivity index (χ0n) is 19.2. The molecule has 0 amide bonds. The van der Waals surface area contributed by atoms with E-state index in [2.05, 4.69) is 4.98 Å². The third-order valence-electron chi connectivity index (χ3n) is 6.61. The molecule has 0 spiro atoms. The summed E-state index contributed by atoms with van der Waals surface area (Å²) in [5.74, 6) is 1.57. The van der Waals surface area contributed by atoms with Crippen LogP contribution in [0.25, 0.3) is 11.0 Å². The molecular formula is C25H25IN4O4S. The Bertz CT molecular complexity index is 1500. The van der Waals surface area contributed by atoms with Crippen molar-refractivity contribution in [1.82, 2.24) is 18.7 Å². The summed E-state index contributed by atoms with van der Waals surface area (Å²) in [5.41, 5.74) is 2.29. The molecule has 3 aromatic heterocycles. The third kappa shape index (κ3) is 4.25. The van der Waals surface area contributed by atoms with Crippen LogP contribution in [-0.2, 0) is 14.8 Å². The first-order chi connectivity index (χ1) is 16.9. The molecule has 10 heteroatoms. The molecule has 2 fully saturated rings. The minimum atomic E-state index is -3.82. The number of hydrogen-bond donors (Lipinski definition) is 0. The maximum absolute atomic E-state index is 13.5. The van der Waals surface area contributed by atoms with E-state index in [-0.39, 0.29) is 10.8 Å². The van der Waals surface area contributed by atoms with Crippen LogP contribution in [0.15, 0.2) is 53.7 Å². The fourth-order valence-electron chi connectivity index (χ4n) is 4.52. The Morgan fingerprint density at radius 3 is 2.51 bits per heavy atom. The maximum atomic E-state index is 13.5. The van der Waals surface area contributed by atoms with Crippen molar-refractivity contribution in [2.45, 2.75) is 49.5 Å². The second-order valence-corrected chi connectivity index (χ2v) is 12.1. The van der Waals surface area contributed by atoms with Crippen LogP contribution in [0.3, 0.4) is 0 Å². The smallest absolute Gasteiger partial charge is 0.270 e. The molecule has 6 rings (SSSR count). The summed E-state index contributed by atoms with van der Waals surface area (Å²) in [6.45, 7) is 3.37. The Balaban J connectivity index is 1.42. The van der Waals surface area contributed by atoms with E-state index in [4.69, 9.17) is 14.6 Å². The highest BCUT2D eigenvalue weighted by Gasteiger charge is 2.30. The van der Waals surface area contributed by atoms with Crippen molar-refractivity contribution in [3.05, 3.63) is 63.7 Å². The van der Waals surface area contributed by atoms with E-state index in [1.54, 1.807) is 36.5 Å². The summed E-state index contributed by atoms with van der Waals surface area (Å²) in [4.78, 5) is 4.65. The highest BCUT2D eigenvalue weighted by molar-refractivity contribution is 14.1.